The van der Waals surface area contributed by atoms with E-state index in [9.17, 15) is 4.79 Å². The molecule has 0 bridgehead atoms. The van der Waals surface area contributed by atoms with Crippen molar-refractivity contribution in [1.29, 1.82) is 0 Å². The number of hydrogen-bond donors (Lipinski definition) is 2. The molecular formula is C11H17N7O. The number of hydrogen-bond acceptors (Lipinski definition) is 5. The number of aromatic nitrogens is 5. The number of nitrogen functional groups attached to an aromatic ring is 1. The second-order valence-corrected chi connectivity index (χ2v) is 4.20. The molecule has 8 nitrogen and oxygen atoms in total. The smallest absolute Gasteiger partial charge is 0.272 e. The van der Waals surface area contributed by atoms with Gasteiger partial charge in [-0.25, -0.2) is 4.98 Å². The number of aryl methyl sites for hydroxylation is 3. The normalized spacial score (nSPS) is 10.7. The Bertz CT molecular complexity index is 598. The van der Waals surface area contributed by atoms with Gasteiger partial charge in [0.05, 0.1) is 17.9 Å². The van der Waals surface area contributed by atoms with Gasteiger partial charge < -0.3 is 11.1 Å². The molecule has 2 aromatic rings. The Labute approximate surface area is 110 Å². The van der Waals surface area contributed by atoms with Gasteiger partial charge in [-0.3, -0.25) is 14.2 Å². The third-order valence-corrected chi connectivity index (χ3v) is 2.76. The third-order valence-electron chi connectivity index (χ3n) is 2.76. The summed E-state index contributed by atoms with van der Waals surface area (Å²) in [5.74, 6) is 0.270. The van der Waals surface area contributed by atoms with Crippen molar-refractivity contribution in [2.75, 3.05) is 5.73 Å². The van der Waals surface area contributed by atoms with Crippen LogP contribution >= 0.6 is 0 Å². The molecular weight excluding hydrogens is 246 g/mol. The molecule has 0 aromatic carbocycles. The number of rotatable bonds is 4. The molecule has 0 aliphatic heterocycles. The van der Waals surface area contributed by atoms with Crippen LogP contribution in [0, 0.1) is 0 Å². The Morgan fingerprint density at radius 3 is 2.68 bits per heavy atom. The molecule has 0 saturated carbocycles. The molecule has 0 atom stereocenters. The summed E-state index contributed by atoms with van der Waals surface area (Å²) in [6, 6.07) is 0. The molecule has 102 valence electrons. The molecule has 1 amide bonds. The van der Waals surface area contributed by atoms with Gasteiger partial charge in [0, 0.05) is 14.1 Å². The lowest BCUT2D eigenvalue weighted by atomic mass is 10.2. The third kappa shape index (κ3) is 2.56. The maximum Gasteiger partial charge on any atom is 0.272 e. The van der Waals surface area contributed by atoms with Crippen LogP contribution in [0.15, 0.2) is 6.33 Å². The SMILES string of the molecule is CCc1nn(C)c(C(=O)NCc2ncn(C)n2)c1N. The minimum atomic E-state index is -0.278. The highest BCUT2D eigenvalue weighted by Crippen LogP contribution is 2.16. The molecule has 2 aromatic heterocycles. The highest BCUT2D eigenvalue weighted by Gasteiger charge is 2.19. The number of anilines is 1. The zero-order chi connectivity index (χ0) is 14.0. The summed E-state index contributed by atoms with van der Waals surface area (Å²) in [7, 11) is 3.47. The van der Waals surface area contributed by atoms with Crippen molar-refractivity contribution in [2.24, 2.45) is 14.1 Å². The van der Waals surface area contributed by atoms with E-state index < -0.39 is 0 Å². The van der Waals surface area contributed by atoms with Gasteiger partial charge in [-0.05, 0) is 6.42 Å². The topological polar surface area (TPSA) is 104 Å². The molecule has 0 aliphatic carbocycles. The predicted molar refractivity (Wildman–Crippen MR) is 69.2 cm³/mol. The molecule has 0 saturated heterocycles. The van der Waals surface area contributed by atoms with Gasteiger partial charge in [0.25, 0.3) is 5.91 Å². The van der Waals surface area contributed by atoms with E-state index in [0.29, 0.717) is 23.6 Å². The van der Waals surface area contributed by atoms with Crippen molar-refractivity contribution < 1.29 is 4.79 Å². The molecule has 2 heterocycles. The Kier molecular flexibility index (Phi) is 3.50. The summed E-state index contributed by atoms with van der Waals surface area (Å²) in [5.41, 5.74) is 7.43. The molecule has 0 spiro atoms. The first-order chi connectivity index (χ1) is 9.02. The quantitative estimate of drug-likeness (QED) is 0.782. The maximum atomic E-state index is 12.1. The van der Waals surface area contributed by atoms with Crippen LogP contribution in [0.3, 0.4) is 0 Å². The Balaban J connectivity index is 2.10. The van der Waals surface area contributed by atoms with E-state index in [1.807, 2.05) is 6.92 Å². The fourth-order valence-corrected chi connectivity index (χ4v) is 1.83. The minimum Gasteiger partial charge on any atom is -0.395 e. The number of carbonyl (C=O) groups is 1. The van der Waals surface area contributed by atoms with Crippen LogP contribution in [0.5, 0.6) is 0 Å². The molecule has 0 fully saturated rings. The van der Waals surface area contributed by atoms with Gasteiger partial charge in [-0.1, -0.05) is 6.92 Å². The molecule has 3 N–H and O–H groups in total. The summed E-state index contributed by atoms with van der Waals surface area (Å²) in [6.45, 7) is 2.20. The van der Waals surface area contributed by atoms with Gasteiger partial charge >= 0.3 is 0 Å². The monoisotopic (exact) mass is 263 g/mol. The molecule has 19 heavy (non-hydrogen) atoms. The van der Waals surface area contributed by atoms with E-state index in [4.69, 9.17) is 5.73 Å². The lowest BCUT2D eigenvalue weighted by Crippen LogP contribution is -2.26. The van der Waals surface area contributed by atoms with Gasteiger partial charge in [-0.15, -0.1) is 0 Å². The average Bonchev–Trinajstić information content (AvgIpc) is 2.90. The molecule has 2 rings (SSSR count). The van der Waals surface area contributed by atoms with Crippen LogP contribution in [0.4, 0.5) is 5.69 Å². The summed E-state index contributed by atoms with van der Waals surface area (Å²) in [5, 5.41) is 11.0. The Morgan fingerprint density at radius 1 is 1.42 bits per heavy atom. The van der Waals surface area contributed by atoms with Crippen LogP contribution < -0.4 is 11.1 Å². The van der Waals surface area contributed by atoms with E-state index in [1.54, 1.807) is 25.1 Å². The summed E-state index contributed by atoms with van der Waals surface area (Å²) in [6.07, 6.45) is 2.27. The average molecular weight is 263 g/mol. The molecule has 0 radical (unpaired) electrons. The van der Waals surface area contributed by atoms with Crippen LogP contribution in [0.2, 0.25) is 0 Å². The van der Waals surface area contributed by atoms with Gasteiger partial charge in [-0.2, -0.15) is 10.2 Å². The zero-order valence-corrected chi connectivity index (χ0v) is 11.2. The van der Waals surface area contributed by atoms with Gasteiger partial charge in [0.2, 0.25) is 0 Å². The van der Waals surface area contributed by atoms with E-state index in [1.165, 1.54) is 4.68 Å². The van der Waals surface area contributed by atoms with E-state index in [0.717, 1.165) is 5.69 Å². The maximum absolute atomic E-state index is 12.1. The van der Waals surface area contributed by atoms with Crippen LogP contribution in [-0.4, -0.2) is 30.5 Å². The Hall–Kier alpha value is -2.38. The van der Waals surface area contributed by atoms with Crippen LogP contribution in [0.1, 0.15) is 28.9 Å². The van der Waals surface area contributed by atoms with Crippen molar-refractivity contribution in [3.63, 3.8) is 0 Å². The van der Waals surface area contributed by atoms with Crippen molar-refractivity contribution in [3.8, 4) is 0 Å². The van der Waals surface area contributed by atoms with Gasteiger partial charge in [0.15, 0.2) is 5.82 Å². The zero-order valence-electron chi connectivity index (χ0n) is 11.2. The summed E-state index contributed by atoms with van der Waals surface area (Å²) in [4.78, 5) is 16.1. The highest BCUT2D eigenvalue weighted by molar-refractivity contribution is 5.97. The second kappa shape index (κ2) is 5.09. The standard InChI is InChI=1S/C11H17N7O/c1-4-7-9(12)10(18(3)15-7)11(19)13-5-8-14-6-17(2)16-8/h6H,4-5,12H2,1-3H3,(H,13,19). The number of nitrogens with two attached hydrogens (primary N) is 1. The molecule has 0 aliphatic rings. The fraction of sp³-hybridized carbons (Fsp3) is 0.455. The van der Waals surface area contributed by atoms with Crippen LogP contribution in [0.25, 0.3) is 0 Å². The summed E-state index contributed by atoms with van der Waals surface area (Å²) >= 11 is 0. The minimum absolute atomic E-state index is 0.256. The molecule has 8 heteroatoms. The Morgan fingerprint density at radius 2 is 2.16 bits per heavy atom. The van der Waals surface area contributed by atoms with Crippen LogP contribution in [-0.2, 0) is 27.1 Å². The number of nitrogens with zero attached hydrogens (tertiary/aromatic N) is 5. The van der Waals surface area contributed by atoms with E-state index in [-0.39, 0.29) is 12.5 Å². The number of carbonyl (C=O) groups excluding carboxylic acids is 1. The first-order valence-electron chi connectivity index (χ1n) is 5.97. The van der Waals surface area contributed by atoms with Crippen molar-refractivity contribution in [3.05, 3.63) is 23.5 Å². The molecule has 0 unspecified atom stereocenters. The fourth-order valence-electron chi connectivity index (χ4n) is 1.83. The van der Waals surface area contributed by atoms with Crippen molar-refractivity contribution in [1.82, 2.24) is 29.9 Å². The second-order valence-electron chi connectivity index (χ2n) is 4.20. The van der Waals surface area contributed by atoms with E-state index >= 15 is 0 Å². The first kappa shape index (κ1) is 13.1. The van der Waals surface area contributed by atoms with Crippen molar-refractivity contribution in [2.45, 2.75) is 19.9 Å². The largest absolute Gasteiger partial charge is 0.395 e. The number of nitrogens with one attached hydrogen (secondary N) is 1. The number of amides is 1. The van der Waals surface area contributed by atoms with Crippen molar-refractivity contribution >= 4 is 11.6 Å². The summed E-state index contributed by atoms with van der Waals surface area (Å²) < 4.78 is 3.07. The first-order valence-corrected chi connectivity index (χ1v) is 5.97. The van der Waals surface area contributed by atoms with E-state index in [2.05, 4.69) is 20.5 Å². The lowest BCUT2D eigenvalue weighted by molar-refractivity contribution is 0.0941. The lowest BCUT2D eigenvalue weighted by Gasteiger charge is -2.04. The predicted octanol–water partition coefficient (Wildman–Crippen LogP) is -0.377. The van der Waals surface area contributed by atoms with Gasteiger partial charge in [0.1, 0.15) is 12.0 Å². The highest BCUT2D eigenvalue weighted by atomic mass is 16.2.